The van der Waals surface area contributed by atoms with Gasteiger partial charge in [-0.2, -0.15) is 8.78 Å². The van der Waals surface area contributed by atoms with Gasteiger partial charge >= 0.3 is 6.61 Å². The molecular weight excluding hydrogens is 264 g/mol. The molecule has 1 saturated heterocycles. The number of nitrogens with one attached hydrogen (secondary N) is 1. The van der Waals surface area contributed by atoms with E-state index in [1.807, 2.05) is 0 Å². The summed E-state index contributed by atoms with van der Waals surface area (Å²) in [6.45, 7) is -1.23. The average molecular weight is 278 g/mol. The Balaban J connectivity index is 2.10. The Morgan fingerprint density at radius 3 is 2.83 bits per heavy atom. The summed E-state index contributed by atoms with van der Waals surface area (Å²) in [4.78, 5) is 0. The van der Waals surface area contributed by atoms with Crippen molar-refractivity contribution in [3.05, 3.63) is 23.2 Å². The standard InChI is InChI=1S/C12H14ClF2NO2/c13-8-3-4-10(18-12(14)15)11(6-8)17-9-2-1-5-16-7-9/h3-4,6,9,12,16H,1-2,5,7H2. The third-order valence-corrected chi connectivity index (χ3v) is 2.90. The van der Waals surface area contributed by atoms with Gasteiger partial charge in [-0.15, -0.1) is 0 Å². The van der Waals surface area contributed by atoms with E-state index in [-0.39, 0.29) is 17.6 Å². The number of ether oxygens (including phenoxy) is 2. The predicted octanol–water partition coefficient (Wildman–Crippen LogP) is 3.07. The molecule has 0 aromatic heterocycles. The molecule has 1 heterocycles. The SMILES string of the molecule is FC(F)Oc1ccc(Cl)cc1OC1CCCNC1. The Morgan fingerprint density at radius 1 is 1.33 bits per heavy atom. The molecule has 6 heteroatoms. The van der Waals surface area contributed by atoms with Crippen LogP contribution in [0.1, 0.15) is 12.8 Å². The molecule has 1 N–H and O–H groups in total. The van der Waals surface area contributed by atoms with Crippen molar-refractivity contribution in [1.82, 2.24) is 5.32 Å². The number of halogens is 3. The van der Waals surface area contributed by atoms with Gasteiger partial charge in [-0.25, -0.2) is 0 Å². The van der Waals surface area contributed by atoms with E-state index >= 15 is 0 Å². The fraction of sp³-hybridized carbons (Fsp3) is 0.500. The second-order valence-electron chi connectivity index (χ2n) is 4.06. The zero-order chi connectivity index (χ0) is 13.0. The molecule has 1 fully saturated rings. The summed E-state index contributed by atoms with van der Waals surface area (Å²) in [5.41, 5.74) is 0. The number of alkyl halides is 2. The smallest absolute Gasteiger partial charge is 0.387 e. The first-order chi connectivity index (χ1) is 8.65. The second kappa shape index (κ2) is 6.20. The quantitative estimate of drug-likeness (QED) is 0.917. The molecule has 100 valence electrons. The highest BCUT2D eigenvalue weighted by Gasteiger charge is 2.18. The van der Waals surface area contributed by atoms with Gasteiger partial charge < -0.3 is 14.8 Å². The third-order valence-electron chi connectivity index (χ3n) is 2.67. The molecule has 0 bridgehead atoms. The summed E-state index contributed by atoms with van der Waals surface area (Å²) in [5.74, 6) is 0.275. The van der Waals surface area contributed by atoms with Crippen LogP contribution >= 0.6 is 11.6 Å². The van der Waals surface area contributed by atoms with Crippen LogP contribution in [0.3, 0.4) is 0 Å². The Hall–Kier alpha value is -1.07. The molecule has 0 spiro atoms. The van der Waals surface area contributed by atoms with E-state index in [4.69, 9.17) is 16.3 Å². The minimum Gasteiger partial charge on any atom is -0.485 e. The number of hydrogen-bond donors (Lipinski definition) is 1. The van der Waals surface area contributed by atoms with Crippen molar-refractivity contribution in [3.63, 3.8) is 0 Å². The van der Waals surface area contributed by atoms with Crippen LogP contribution in [0.2, 0.25) is 5.02 Å². The Morgan fingerprint density at radius 2 is 2.17 bits per heavy atom. The monoisotopic (exact) mass is 277 g/mol. The van der Waals surface area contributed by atoms with E-state index < -0.39 is 6.61 Å². The lowest BCUT2D eigenvalue weighted by Gasteiger charge is -2.25. The van der Waals surface area contributed by atoms with Gasteiger partial charge in [0.15, 0.2) is 11.5 Å². The molecule has 0 radical (unpaired) electrons. The molecule has 1 atom stereocenters. The van der Waals surface area contributed by atoms with Crippen molar-refractivity contribution in [2.45, 2.75) is 25.6 Å². The summed E-state index contributed by atoms with van der Waals surface area (Å²) in [6.07, 6.45) is 1.83. The predicted molar refractivity (Wildman–Crippen MR) is 64.6 cm³/mol. The normalized spacial score (nSPS) is 19.9. The van der Waals surface area contributed by atoms with Crippen molar-refractivity contribution >= 4 is 11.6 Å². The van der Waals surface area contributed by atoms with Crippen molar-refractivity contribution in [2.24, 2.45) is 0 Å². The molecule has 2 rings (SSSR count). The first kappa shape index (κ1) is 13.4. The van der Waals surface area contributed by atoms with Gasteiger partial charge in [0.1, 0.15) is 6.10 Å². The van der Waals surface area contributed by atoms with Gasteiger partial charge in [0, 0.05) is 17.6 Å². The zero-order valence-corrected chi connectivity index (χ0v) is 10.4. The van der Waals surface area contributed by atoms with Crippen molar-refractivity contribution in [3.8, 4) is 11.5 Å². The summed E-state index contributed by atoms with van der Waals surface area (Å²) >= 11 is 5.83. The van der Waals surface area contributed by atoms with Crippen LogP contribution < -0.4 is 14.8 Å². The summed E-state index contributed by atoms with van der Waals surface area (Å²) in [7, 11) is 0. The average Bonchev–Trinajstić information content (AvgIpc) is 2.33. The van der Waals surface area contributed by atoms with Gasteiger partial charge in [0.05, 0.1) is 0 Å². The number of hydrogen-bond acceptors (Lipinski definition) is 3. The van der Waals surface area contributed by atoms with Gasteiger partial charge in [-0.05, 0) is 31.5 Å². The Kier molecular flexibility index (Phi) is 4.60. The summed E-state index contributed by atoms with van der Waals surface area (Å²) in [6, 6.07) is 4.37. The van der Waals surface area contributed by atoms with Crippen LogP contribution in [-0.2, 0) is 0 Å². The van der Waals surface area contributed by atoms with Gasteiger partial charge in [0.25, 0.3) is 0 Å². The van der Waals surface area contributed by atoms with Gasteiger partial charge in [-0.3, -0.25) is 0 Å². The maximum atomic E-state index is 12.3. The fourth-order valence-electron chi connectivity index (χ4n) is 1.87. The molecule has 1 aliphatic rings. The highest BCUT2D eigenvalue weighted by Crippen LogP contribution is 2.32. The van der Waals surface area contributed by atoms with Crippen molar-refractivity contribution < 1.29 is 18.3 Å². The second-order valence-corrected chi connectivity index (χ2v) is 4.49. The van der Waals surface area contributed by atoms with Gasteiger partial charge in [0.2, 0.25) is 0 Å². The van der Waals surface area contributed by atoms with E-state index in [1.165, 1.54) is 18.2 Å². The van der Waals surface area contributed by atoms with Gasteiger partial charge in [-0.1, -0.05) is 11.6 Å². The van der Waals surface area contributed by atoms with Crippen LogP contribution in [-0.4, -0.2) is 25.8 Å². The van der Waals surface area contributed by atoms with Crippen LogP contribution in [0.5, 0.6) is 11.5 Å². The third kappa shape index (κ3) is 3.71. The largest absolute Gasteiger partial charge is 0.485 e. The lowest BCUT2D eigenvalue weighted by molar-refractivity contribution is -0.0522. The van der Waals surface area contributed by atoms with Crippen molar-refractivity contribution in [2.75, 3.05) is 13.1 Å². The first-order valence-electron chi connectivity index (χ1n) is 5.77. The molecule has 0 aliphatic carbocycles. The Labute approximate surface area is 109 Å². The van der Waals surface area contributed by atoms with E-state index in [2.05, 4.69) is 10.1 Å². The molecule has 1 aromatic carbocycles. The number of benzene rings is 1. The highest BCUT2D eigenvalue weighted by molar-refractivity contribution is 6.30. The van der Waals surface area contributed by atoms with Crippen LogP contribution in [0.4, 0.5) is 8.78 Å². The van der Waals surface area contributed by atoms with Crippen LogP contribution in [0.15, 0.2) is 18.2 Å². The topological polar surface area (TPSA) is 30.5 Å². The summed E-state index contributed by atoms with van der Waals surface area (Å²) < 4.78 is 34.6. The van der Waals surface area contributed by atoms with Crippen LogP contribution in [0.25, 0.3) is 0 Å². The van der Waals surface area contributed by atoms with Crippen molar-refractivity contribution in [1.29, 1.82) is 0 Å². The van der Waals surface area contributed by atoms with E-state index in [9.17, 15) is 8.78 Å². The maximum absolute atomic E-state index is 12.3. The molecule has 1 unspecified atom stereocenters. The molecule has 3 nitrogen and oxygen atoms in total. The lowest BCUT2D eigenvalue weighted by Crippen LogP contribution is -2.37. The zero-order valence-electron chi connectivity index (χ0n) is 9.67. The number of rotatable bonds is 4. The molecule has 0 saturated carbocycles. The highest BCUT2D eigenvalue weighted by atomic mass is 35.5. The molecule has 1 aromatic rings. The molecular formula is C12H14ClF2NO2. The minimum atomic E-state index is -2.88. The van der Waals surface area contributed by atoms with E-state index in [0.717, 1.165) is 19.4 Å². The van der Waals surface area contributed by atoms with E-state index in [1.54, 1.807) is 0 Å². The first-order valence-corrected chi connectivity index (χ1v) is 6.14. The molecule has 0 amide bonds. The summed E-state index contributed by atoms with van der Waals surface area (Å²) in [5, 5.41) is 3.61. The molecule has 18 heavy (non-hydrogen) atoms. The lowest BCUT2D eigenvalue weighted by atomic mass is 10.1. The minimum absolute atomic E-state index is 0.0139. The van der Waals surface area contributed by atoms with Crippen LogP contribution in [0, 0.1) is 0 Å². The maximum Gasteiger partial charge on any atom is 0.387 e. The number of piperidine rings is 1. The molecule has 1 aliphatic heterocycles. The fourth-order valence-corrected chi connectivity index (χ4v) is 2.03. The Bertz CT molecular complexity index is 398. The van der Waals surface area contributed by atoms with E-state index in [0.29, 0.717) is 11.6 Å².